The van der Waals surface area contributed by atoms with E-state index in [1.54, 1.807) is 19.3 Å². The van der Waals surface area contributed by atoms with Crippen LogP contribution in [0, 0.1) is 0 Å². The fraction of sp³-hybridized carbons (Fsp3) is 0.312. The molecular formula is C16H19ClN2O. The molecule has 2 rings (SSSR count). The van der Waals surface area contributed by atoms with Crippen molar-refractivity contribution in [3.05, 3.63) is 58.9 Å². The number of pyridine rings is 1. The van der Waals surface area contributed by atoms with Crippen molar-refractivity contribution < 1.29 is 5.11 Å². The third kappa shape index (κ3) is 3.50. The molecule has 0 unspecified atom stereocenters. The van der Waals surface area contributed by atoms with Crippen molar-refractivity contribution in [1.29, 1.82) is 0 Å². The van der Waals surface area contributed by atoms with Crippen LogP contribution in [-0.4, -0.2) is 16.6 Å². The SMILES string of the molecule is CCN(Cc1ccncc1)c1ccc([C@@H](C)O)cc1Cl. The van der Waals surface area contributed by atoms with E-state index in [9.17, 15) is 5.11 Å². The van der Waals surface area contributed by atoms with Crippen LogP contribution in [-0.2, 0) is 6.54 Å². The van der Waals surface area contributed by atoms with Gasteiger partial charge in [-0.15, -0.1) is 0 Å². The van der Waals surface area contributed by atoms with E-state index >= 15 is 0 Å². The van der Waals surface area contributed by atoms with E-state index in [1.165, 1.54) is 5.56 Å². The molecule has 0 fully saturated rings. The summed E-state index contributed by atoms with van der Waals surface area (Å²) in [6, 6.07) is 9.72. The van der Waals surface area contributed by atoms with Gasteiger partial charge in [0.25, 0.3) is 0 Å². The number of hydrogen-bond acceptors (Lipinski definition) is 3. The molecule has 2 aromatic rings. The minimum atomic E-state index is -0.503. The zero-order chi connectivity index (χ0) is 14.5. The van der Waals surface area contributed by atoms with Crippen LogP contribution in [0.5, 0.6) is 0 Å². The van der Waals surface area contributed by atoms with Gasteiger partial charge in [-0.2, -0.15) is 0 Å². The molecule has 3 nitrogen and oxygen atoms in total. The Morgan fingerprint density at radius 3 is 2.50 bits per heavy atom. The quantitative estimate of drug-likeness (QED) is 0.909. The normalized spacial score (nSPS) is 12.2. The Labute approximate surface area is 124 Å². The maximum Gasteiger partial charge on any atom is 0.0762 e. The van der Waals surface area contributed by atoms with E-state index in [-0.39, 0.29) is 0 Å². The predicted molar refractivity (Wildman–Crippen MR) is 83.0 cm³/mol. The van der Waals surface area contributed by atoms with E-state index in [1.807, 2.05) is 30.3 Å². The van der Waals surface area contributed by atoms with Crippen LogP contribution in [0.1, 0.15) is 31.1 Å². The number of anilines is 1. The standard InChI is InChI=1S/C16H19ClN2O/c1-3-19(11-13-6-8-18-9-7-13)16-5-4-14(12(2)20)10-15(16)17/h4-10,12,20H,3,11H2,1-2H3/t12-/m1/s1. The fourth-order valence-corrected chi connectivity index (χ4v) is 2.42. The van der Waals surface area contributed by atoms with Gasteiger partial charge in [-0.25, -0.2) is 0 Å². The third-order valence-electron chi connectivity index (χ3n) is 3.30. The summed E-state index contributed by atoms with van der Waals surface area (Å²) >= 11 is 6.35. The fourth-order valence-electron chi connectivity index (χ4n) is 2.12. The van der Waals surface area contributed by atoms with Gasteiger partial charge in [-0.1, -0.05) is 17.7 Å². The molecule has 20 heavy (non-hydrogen) atoms. The minimum Gasteiger partial charge on any atom is -0.389 e. The van der Waals surface area contributed by atoms with Crippen molar-refractivity contribution in [2.45, 2.75) is 26.5 Å². The molecule has 1 N–H and O–H groups in total. The molecule has 0 saturated heterocycles. The average Bonchev–Trinajstić information content (AvgIpc) is 2.46. The summed E-state index contributed by atoms with van der Waals surface area (Å²) in [4.78, 5) is 6.23. The molecule has 0 aliphatic rings. The first kappa shape index (κ1) is 14.8. The van der Waals surface area contributed by atoms with Crippen molar-refractivity contribution in [2.75, 3.05) is 11.4 Å². The molecule has 0 saturated carbocycles. The van der Waals surface area contributed by atoms with Gasteiger partial charge in [-0.05, 0) is 49.2 Å². The molecule has 0 bridgehead atoms. The Morgan fingerprint density at radius 2 is 1.95 bits per heavy atom. The lowest BCUT2D eigenvalue weighted by Gasteiger charge is -2.25. The Bertz CT molecular complexity index is 558. The monoisotopic (exact) mass is 290 g/mol. The Morgan fingerprint density at radius 1 is 1.25 bits per heavy atom. The van der Waals surface area contributed by atoms with E-state index in [2.05, 4.69) is 16.8 Å². The van der Waals surface area contributed by atoms with Gasteiger partial charge in [0.05, 0.1) is 16.8 Å². The molecule has 1 aromatic heterocycles. The Kier molecular flexibility index (Phi) is 4.99. The van der Waals surface area contributed by atoms with Crippen molar-refractivity contribution >= 4 is 17.3 Å². The molecule has 0 spiro atoms. The van der Waals surface area contributed by atoms with Crippen LogP contribution in [0.3, 0.4) is 0 Å². The highest BCUT2D eigenvalue weighted by atomic mass is 35.5. The molecule has 4 heteroatoms. The predicted octanol–water partition coefficient (Wildman–Crippen LogP) is 3.81. The van der Waals surface area contributed by atoms with Crippen LogP contribution in [0.2, 0.25) is 5.02 Å². The summed E-state index contributed by atoms with van der Waals surface area (Å²) in [5.41, 5.74) is 3.01. The average molecular weight is 291 g/mol. The summed E-state index contributed by atoms with van der Waals surface area (Å²) in [6.07, 6.45) is 3.08. The van der Waals surface area contributed by atoms with E-state index in [4.69, 9.17) is 11.6 Å². The highest BCUT2D eigenvalue weighted by Gasteiger charge is 2.11. The second-order valence-electron chi connectivity index (χ2n) is 4.76. The van der Waals surface area contributed by atoms with Gasteiger partial charge < -0.3 is 10.0 Å². The number of aliphatic hydroxyl groups excluding tert-OH is 1. The number of aliphatic hydroxyl groups is 1. The highest BCUT2D eigenvalue weighted by Crippen LogP contribution is 2.29. The first-order chi connectivity index (χ1) is 9.61. The van der Waals surface area contributed by atoms with Crippen molar-refractivity contribution in [2.24, 2.45) is 0 Å². The zero-order valence-electron chi connectivity index (χ0n) is 11.8. The topological polar surface area (TPSA) is 36.4 Å². The summed E-state index contributed by atoms with van der Waals surface area (Å²) in [6.45, 7) is 5.48. The largest absolute Gasteiger partial charge is 0.389 e. The maximum atomic E-state index is 9.59. The van der Waals surface area contributed by atoms with E-state index < -0.39 is 6.10 Å². The zero-order valence-corrected chi connectivity index (χ0v) is 12.5. The van der Waals surface area contributed by atoms with Gasteiger partial charge in [0.1, 0.15) is 0 Å². The Balaban J connectivity index is 2.23. The lowest BCUT2D eigenvalue weighted by Crippen LogP contribution is -2.22. The molecule has 0 amide bonds. The molecule has 0 aliphatic heterocycles. The summed E-state index contributed by atoms with van der Waals surface area (Å²) < 4.78 is 0. The van der Waals surface area contributed by atoms with Crippen LogP contribution in [0.25, 0.3) is 0 Å². The van der Waals surface area contributed by atoms with Crippen LogP contribution in [0.15, 0.2) is 42.7 Å². The molecular weight excluding hydrogens is 272 g/mol. The van der Waals surface area contributed by atoms with Crippen molar-refractivity contribution in [3.63, 3.8) is 0 Å². The van der Waals surface area contributed by atoms with E-state index in [0.717, 1.165) is 24.3 Å². The third-order valence-corrected chi connectivity index (χ3v) is 3.60. The van der Waals surface area contributed by atoms with Gasteiger partial charge in [-0.3, -0.25) is 4.98 Å². The number of benzene rings is 1. The molecule has 106 valence electrons. The molecule has 0 radical (unpaired) electrons. The summed E-state index contributed by atoms with van der Waals surface area (Å²) in [5.74, 6) is 0. The smallest absolute Gasteiger partial charge is 0.0762 e. The molecule has 1 heterocycles. The van der Waals surface area contributed by atoms with Crippen LogP contribution < -0.4 is 4.90 Å². The number of rotatable bonds is 5. The molecule has 1 aromatic carbocycles. The number of nitrogens with zero attached hydrogens (tertiary/aromatic N) is 2. The first-order valence-corrected chi connectivity index (χ1v) is 7.11. The lowest BCUT2D eigenvalue weighted by molar-refractivity contribution is 0.199. The number of hydrogen-bond donors (Lipinski definition) is 1. The van der Waals surface area contributed by atoms with Gasteiger partial charge >= 0.3 is 0 Å². The van der Waals surface area contributed by atoms with Crippen molar-refractivity contribution in [3.8, 4) is 0 Å². The molecule has 1 atom stereocenters. The number of aromatic nitrogens is 1. The number of halogens is 1. The minimum absolute atomic E-state index is 0.503. The Hall–Kier alpha value is -1.58. The van der Waals surface area contributed by atoms with Crippen LogP contribution >= 0.6 is 11.6 Å². The van der Waals surface area contributed by atoms with Crippen LogP contribution in [0.4, 0.5) is 5.69 Å². The van der Waals surface area contributed by atoms with Gasteiger partial charge in [0, 0.05) is 25.5 Å². The molecule has 0 aliphatic carbocycles. The van der Waals surface area contributed by atoms with Gasteiger partial charge in [0.2, 0.25) is 0 Å². The first-order valence-electron chi connectivity index (χ1n) is 6.73. The second-order valence-corrected chi connectivity index (χ2v) is 5.16. The van der Waals surface area contributed by atoms with Crippen molar-refractivity contribution in [1.82, 2.24) is 4.98 Å². The van der Waals surface area contributed by atoms with Gasteiger partial charge in [0.15, 0.2) is 0 Å². The van der Waals surface area contributed by atoms with E-state index in [0.29, 0.717) is 5.02 Å². The summed E-state index contributed by atoms with van der Waals surface area (Å²) in [5, 5.41) is 10.3. The lowest BCUT2D eigenvalue weighted by atomic mass is 10.1. The maximum absolute atomic E-state index is 9.59. The summed E-state index contributed by atoms with van der Waals surface area (Å²) in [7, 11) is 0. The second kappa shape index (κ2) is 6.73. The highest BCUT2D eigenvalue weighted by molar-refractivity contribution is 6.33.